The molecule has 1 saturated carbocycles. The number of nitrogens with one attached hydrogen (secondary N) is 2. The molecule has 0 bridgehead atoms. The van der Waals surface area contributed by atoms with Crippen LogP contribution >= 0.6 is 11.3 Å². The molecule has 0 saturated heterocycles. The summed E-state index contributed by atoms with van der Waals surface area (Å²) in [5.74, 6) is -0.237. The van der Waals surface area contributed by atoms with E-state index in [0.717, 1.165) is 41.1 Å². The molecule has 0 radical (unpaired) electrons. The Morgan fingerprint density at radius 2 is 2.00 bits per heavy atom. The van der Waals surface area contributed by atoms with E-state index in [1.807, 2.05) is 20.8 Å². The fourth-order valence-corrected chi connectivity index (χ4v) is 5.96. The first-order chi connectivity index (χ1) is 15.3. The monoisotopic (exact) mass is 478 g/mol. The van der Waals surface area contributed by atoms with Crippen LogP contribution in [0.15, 0.2) is 29.3 Å². The third-order valence-corrected chi connectivity index (χ3v) is 7.75. The fourth-order valence-electron chi connectivity index (χ4n) is 3.74. The Morgan fingerprint density at radius 3 is 2.62 bits per heavy atom. The second-order valence-corrected chi connectivity index (χ2v) is 10.4. The summed E-state index contributed by atoms with van der Waals surface area (Å²) in [7, 11) is -1.46. The van der Waals surface area contributed by atoms with Gasteiger partial charge in [0.1, 0.15) is 11.0 Å². The molecular weight excluding hydrogens is 448 g/mol. The molecule has 4 N–H and O–H groups in total. The number of primary amides is 1. The van der Waals surface area contributed by atoms with Crippen molar-refractivity contribution in [1.29, 1.82) is 0 Å². The topological polar surface area (TPSA) is 123 Å². The van der Waals surface area contributed by atoms with E-state index in [-0.39, 0.29) is 18.2 Å². The Balaban J connectivity index is 1.72. The second kappa shape index (κ2) is 11.0. The molecule has 0 aliphatic heterocycles. The minimum absolute atomic E-state index is 0.118. The van der Waals surface area contributed by atoms with Crippen molar-refractivity contribution in [2.24, 2.45) is 5.73 Å². The molecule has 2 amide bonds. The average Bonchev–Trinajstić information content (AvgIpc) is 3.23. The first kappa shape index (κ1) is 24.3. The van der Waals surface area contributed by atoms with Gasteiger partial charge in [-0.15, -0.1) is 11.3 Å². The van der Waals surface area contributed by atoms with Gasteiger partial charge in [0.15, 0.2) is 0 Å². The third-order valence-electron chi connectivity index (χ3n) is 5.27. The number of carbonyl (C=O) groups excluding carboxylic acids is 2. The quantitative estimate of drug-likeness (QED) is 0.534. The minimum atomic E-state index is -1.46. The van der Waals surface area contributed by atoms with E-state index in [1.54, 1.807) is 35.7 Å². The first-order valence-electron chi connectivity index (χ1n) is 10.8. The van der Waals surface area contributed by atoms with E-state index in [2.05, 4.69) is 15.0 Å². The number of thiazole rings is 1. The molecule has 1 aliphatic carbocycles. The number of hydrogen-bond donors (Lipinski definition) is 3. The van der Waals surface area contributed by atoms with Gasteiger partial charge >= 0.3 is 6.09 Å². The van der Waals surface area contributed by atoms with Gasteiger partial charge in [0, 0.05) is 35.8 Å². The molecule has 1 aromatic heterocycles. The number of aromatic nitrogens is 1. The number of ether oxygens (including phenoxy) is 1. The maximum absolute atomic E-state index is 12.7. The standard InChI is InChI=1S/C22H30N4O4S2/c1-4-25-32(29)19-11-15(20(23)27)7-10-17(19)18-12-24-21(31-18)14-5-8-16(9-6-14)26-22(28)30-13(2)3/h7,10-14,16,25H,4-6,8-9H2,1-3H3,(H2,23,27)(H,26,28). The van der Waals surface area contributed by atoms with E-state index >= 15 is 0 Å². The molecule has 8 nitrogen and oxygen atoms in total. The molecule has 1 unspecified atom stereocenters. The highest BCUT2D eigenvalue weighted by Gasteiger charge is 2.26. The Bertz CT molecular complexity index is 984. The van der Waals surface area contributed by atoms with E-state index in [1.165, 1.54) is 0 Å². The molecule has 10 heteroatoms. The van der Waals surface area contributed by atoms with Crippen LogP contribution in [-0.4, -0.2) is 39.9 Å². The highest BCUT2D eigenvalue weighted by atomic mass is 32.2. The summed E-state index contributed by atoms with van der Waals surface area (Å²) in [4.78, 5) is 29.5. The van der Waals surface area contributed by atoms with E-state index in [4.69, 9.17) is 10.5 Å². The van der Waals surface area contributed by atoms with Crippen molar-refractivity contribution in [2.45, 2.75) is 69.4 Å². The van der Waals surface area contributed by atoms with Crippen LogP contribution in [0.5, 0.6) is 0 Å². The molecule has 1 atom stereocenters. The lowest BCUT2D eigenvalue weighted by Gasteiger charge is -2.28. The number of nitrogens with zero attached hydrogens (tertiary/aromatic N) is 1. The molecular formula is C22H30N4O4S2. The maximum atomic E-state index is 12.7. The summed E-state index contributed by atoms with van der Waals surface area (Å²) in [6, 6.07) is 5.13. The minimum Gasteiger partial charge on any atom is -0.447 e. The zero-order chi connectivity index (χ0) is 23.3. The molecule has 174 valence electrons. The zero-order valence-electron chi connectivity index (χ0n) is 18.6. The van der Waals surface area contributed by atoms with E-state index < -0.39 is 16.9 Å². The molecule has 1 aromatic carbocycles. The molecule has 2 aromatic rings. The number of rotatable bonds is 8. The predicted molar refractivity (Wildman–Crippen MR) is 126 cm³/mol. The van der Waals surface area contributed by atoms with Gasteiger partial charge in [-0.25, -0.2) is 18.7 Å². The van der Waals surface area contributed by atoms with Gasteiger partial charge in [-0.05, 0) is 51.7 Å². The number of nitrogens with two attached hydrogens (primary N) is 1. The van der Waals surface area contributed by atoms with Crippen molar-refractivity contribution in [3.05, 3.63) is 35.0 Å². The van der Waals surface area contributed by atoms with Gasteiger partial charge in [-0.2, -0.15) is 0 Å². The summed E-state index contributed by atoms with van der Waals surface area (Å²) >= 11 is 1.58. The van der Waals surface area contributed by atoms with Gasteiger partial charge in [0.2, 0.25) is 5.91 Å². The van der Waals surface area contributed by atoms with Crippen LogP contribution in [0.2, 0.25) is 0 Å². The normalized spacial score (nSPS) is 19.5. The number of carbonyl (C=O) groups is 2. The largest absolute Gasteiger partial charge is 0.447 e. The average molecular weight is 479 g/mol. The molecule has 1 fully saturated rings. The van der Waals surface area contributed by atoms with Crippen molar-refractivity contribution in [3.8, 4) is 10.4 Å². The van der Waals surface area contributed by atoms with Crippen LogP contribution < -0.4 is 15.8 Å². The van der Waals surface area contributed by atoms with Crippen molar-refractivity contribution >= 4 is 34.3 Å². The fraction of sp³-hybridized carbons (Fsp3) is 0.500. The summed E-state index contributed by atoms with van der Waals surface area (Å²) in [5.41, 5.74) is 6.51. The predicted octanol–water partition coefficient (Wildman–Crippen LogP) is 3.70. The van der Waals surface area contributed by atoms with Crippen molar-refractivity contribution in [2.75, 3.05) is 6.54 Å². The number of alkyl carbamates (subject to hydrolysis) is 1. The Hall–Kier alpha value is -2.30. The summed E-state index contributed by atoms with van der Waals surface area (Å²) in [6.45, 7) is 6.06. The first-order valence-corrected chi connectivity index (χ1v) is 12.8. The highest BCUT2D eigenvalue weighted by molar-refractivity contribution is 7.83. The molecule has 32 heavy (non-hydrogen) atoms. The Labute approximate surface area is 194 Å². The summed E-state index contributed by atoms with van der Waals surface area (Å²) in [6.07, 6.45) is 4.90. The summed E-state index contributed by atoms with van der Waals surface area (Å²) in [5, 5.41) is 3.97. The lowest BCUT2D eigenvalue weighted by molar-refractivity contribution is 0.0999. The molecule has 1 aliphatic rings. The van der Waals surface area contributed by atoms with Gasteiger partial charge in [-0.1, -0.05) is 13.0 Å². The van der Waals surface area contributed by atoms with Crippen LogP contribution in [-0.2, 0) is 15.7 Å². The van der Waals surface area contributed by atoms with E-state index in [0.29, 0.717) is 22.9 Å². The Morgan fingerprint density at radius 1 is 1.28 bits per heavy atom. The van der Waals surface area contributed by atoms with E-state index in [9.17, 15) is 13.8 Å². The molecule has 0 spiro atoms. The van der Waals surface area contributed by atoms with Crippen LogP contribution in [0.3, 0.4) is 0 Å². The van der Waals surface area contributed by atoms with Crippen LogP contribution in [0.25, 0.3) is 10.4 Å². The van der Waals surface area contributed by atoms with Crippen molar-refractivity contribution in [1.82, 2.24) is 15.0 Å². The highest BCUT2D eigenvalue weighted by Crippen LogP contribution is 2.39. The molecule has 1 heterocycles. The SMILES string of the molecule is CCNS(=O)c1cc(C(N)=O)ccc1-c1cnc(C2CCC(NC(=O)OC(C)C)CC2)s1. The lowest BCUT2D eigenvalue weighted by Crippen LogP contribution is -2.38. The smallest absolute Gasteiger partial charge is 0.407 e. The number of hydrogen-bond acceptors (Lipinski definition) is 6. The van der Waals surface area contributed by atoms with Gasteiger partial charge in [0.05, 0.1) is 20.9 Å². The van der Waals surface area contributed by atoms with Crippen LogP contribution in [0.1, 0.15) is 67.7 Å². The van der Waals surface area contributed by atoms with Gasteiger partial charge in [0.25, 0.3) is 0 Å². The van der Waals surface area contributed by atoms with Crippen molar-refractivity contribution in [3.63, 3.8) is 0 Å². The maximum Gasteiger partial charge on any atom is 0.407 e. The zero-order valence-corrected chi connectivity index (χ0v) is 20.2. The third kappa shape index (κ3) is 6.14. The number of amides is 2. The van der Waals surface area contributed by atoms with Gasteiger partial charge < -0.3 is 15.8 Å². The van der Waals surface area contributed by atoms with Gasteiger partial charge in [-0.3, -0.25) is 4.79 Å². The Kier molecular flexibility index (Phi) is 8.38. The second-order valence-electron chi connectivity index (χ2n) is 8.05. The number of benzene rings is 1. The summed E-state index contributed by atoms with van der Waals surface area (Å²) < 4.78 is 20.8. The molecule has 3 rings (SSSR count). The van der Waals surface area contributed by atoms with Crippen LogP contribution in [0, 0.1) is 0 Å². The van der Waals surface area contributed by atoms with Crippen molar-refractivity contribution < 1.29 is 18.5 Å². The van der Waals surface area contributed by atoms with Crippen LogP contribution in [0.4, 0.5) is 4.79 Å². The lowest BCUT2D eigenvalue weighted by atomic mass is 9.86.